The number of hydrogen-bond acceptors (Lipinski definition) is 3. The molecular weight excluding hydrogens is 234 g/mol. The standard InChI is InChI=1S/C16H21N3/c17-12-7-8-14-15(9-10-18-16(14)11-12)19-13-5-3-1-2-4-6-13/h7-11,13H,1-6,17H2,(H,18,19). The van der Waals surface area contributed by atoms with E-state index in [0.29, 0.717) is 6.04 Å². The first-order chi connectivity index (χ1) is 9.33. The van der Waals surface area contributed by atoms with Gasteiger partial charge in [0.25, 0.3) is 0 Å². The van der Waals surface area contributed by atoms with Crippen molar-refractivity contribution in [2.75, 3.05) is 11.1 Å². The molecular formula is C16H21N3. The normalized spacial score (nSPS) is 17.3. The topological polar surface area (TPSA) is 50.9 Å². The third-order valence-corrected chi connectivity index (χ3v) is 3.98. The lowest BCUT2D eigenvalue weighted by atomic mass is 10.1. The van der Waals surface area contributed by atoms with Crippen LogP contribution in [0, 0.1) is 0 Å². The van der Waals surface area contributed by atoms with E-state index >= 15 is 0 Å². The van der Waals surface area contributed by atoms with E-state index in [4.69, 9.17) is 5.73 Å². The number of pyridine rings is 1. The van der Waals surface area contributed by atoms with E-state index in [9.17, 15) is 0 Å². The molecule has 0 radical (unpaired) electrons. The van der Waals surface area contributed by atoms with Crippen molar-refractivity contribution in [1.82, 2.24) is 4.98 Å². The molecule has 3 heteroatoms. The van der Waals surface area contributed by atoms with Crippen LogP contribution in [0.2, 0.25) is 0 Å². The predicted octanol–water partition coefficient (Wildman–Crippen LogP) is 3.95. The zero-order valence-electron chi connectivity index (χ0n) is 11.2. The van der Waals surface area contributed by atoms with Crippen LogP contribution in [0.1, 0.15) is 38.5 Å². The van der Waals surface area contributed by atoms with E-state index in [-0.39, 0.29) is 0 Å². The Labute approximate surface area is 114 Å². The maximum absolute atomic E-state index is 5.82. The van der Waals surface area contributed by atoms with Crippen LogP contribution < -0.4 is 11.1 Å². The molecule has 0 bridgehead atoms. The molecule has 0 atom stereocenters. The van der Waals surface area contributed by atoms with Crippen molar-refractivity contribution in [3.8, 4) is 0 Å². The van der Waals surface area contributed by atoms with Crippen LogP contribution in [-0.2, 0) is 0 Å². The number of nitrogens with two attached hydrogens (primary N) is 1. The number of nitrogens with one attached hydrogen (secondary N) is 1. The van der Waals surface area contributed by atoms with Gasteiger partial charge < -0.3 is 11.1 Å². The van der Waals surface area contributed by atoms with E-state index in [2.05, 4.69) is 22.4 Å². The number of rotatable bonds is 2. The van der Waals surface area contributed by atoms with Gasteiger partial charge in [-0.15, -0.1) is 0 Å². The number of anilines is 2. The summed E-state index contributed by atoms with van der Waals surface area (Å²) < 4.78 is 0. The van der Waals surface area contributed by atoms with Gasteiger partial charge in [-0.2, -0.15) is 0 Å². The van der Waals surface area contributed by atoms with Gasteiger partial charge in [-0.25, -0.2) is 0 Å². The largest absolute Gasteiger partial charge is 0.399 e. The molecule has 19 heavy (non-hydrogen) atoms. The lowest BCUT2D eigenvalue weighted by Gasteiger charge is -2.19. The van der Waals surface area contributed by atoms with Gasteiger partial charge >= 0.3 is 0 Å². The van der Waals surface area contributed by atoms with Gasteiger partial charge in [-0.1, -0.05) is 25.7 Å². The Morgan fingerprint density at radius 2 is 1.84 bits per heavy atom. The highest BCUT2D eigenvalue weighted by atomic mass is 14.9. The molecule has 3 rings (SSSR count). The molecule has 1 aliphatic rings. The minimum absolute atomic E-state index is 0.602. The van der Waals surface area contributed by atoms with Crippen LogP contribution in [-0.4, -0.2) is 11.0 Å². The average molecular weight is 255 g/mol. The summed E-state index contributed by atoms with van der Waals surface area (Å²) in [7, 11) is 0. The number of nitrogen functional groups attached to an aromatic ring is 1. The van der Waals surface area contributed by atoms with Gasteiger partial charge in [0.05, 0.1) is 5.52 Å². The molecule has 0 aliphatic heterocycles. The summed E-state index contributed by atoms with van der Waals surface area (Å²) >= 11 is 0. The molecule has 1 fully saturated rings. The van der Waals surface area contributed by atoms with Crippen LogP contribution in [0.25, 0.3) is 10.9 Å². The number of fused-ring (bicyclic) bond motifs is 1. The molecule has 1 heterocycles. The third-order valence-electron chi connectivity index (χ3n) is 3.98. The second-order valence-corrected chi connectivity index (χ2v) is 5.47. The molecule has 100 valence electrons. The van der Waals surface area contributed by atoms with Crippen LogP contribution in [0.15, 0.2) is 30.5 Å². The minimum atomic E-state index is 0.602. The lowest BCUT2D eigenvalue weighted by molar-refractivity contribution is 0.620. The second kappa shape index (κ2) is 5.47. The van der Waals surface area contributed by atoms with Gasteiger partial charge in [0.1, 0.15) is 0 Å². The summed E-state index contributed by atoms with van der Waals surface area (Å²) in [6.07, 6.45) is 9.86. The van der Waals surface area contributed by atoms with Crippen molar-refractivity contribution in [2.24, 2.45) is 0 Å². The van der Waals surface area contributed by atoms with Gasteiger partial charge in [-0.3, -0.25) is 4.98 Å². The molecule has 1 saturated carbocycles. The highest BCUT2D eigenvalue weighted by Crippen LogP contribution is 2.27. The Bertz CT molecular complexity index is 557. The van der Waals surface area contributed by atoms with Crippen molar-refractivity contribution >= 4 is 22.3 Å². The lowest BCUT2D eigenvalue weighted by Crippen LogP contribution is -2.18. The van der Waals surface area contributed by atoms with Gasteiger partial charge in [0, 0.05) is 29.0 Å². The second-order valence-electron chi connectivity index (χ2n) is 5.47. The highest BCUT2D eigenvalue weighted by Gasteiger charge is 2.13. The van der Waals surface area contributed by atoms with Crippen molar-refractivity contribution in [3.05, 3.63) is 30.5 Å². The van der Waals surface area contributed by atoms with Crippen LogP contribution in [0.4, 0.5) is 11.4 Å². The Kier molecular flexibility index (Phi) is 3.53. The maximum Gasteiger partial charge on any atom is 0.0743 e. The summed E-state index contributed by atoms with van der Waals surface area (Å²) in [4.78, 5) is 4.39. The van der Waals surface area contributed by atoms with Crippen LogP contribution in [0.5, 0.6) is 0 Å². The van der Waals surface area contributed by atoms with Crippen LogP contribution >= 0.6 is 0 Å². The number of hydrogen-bond donors (Lipinski definition) is 2. The van der Waals surface area contributed by atoms with E-state index in [1.54, 1.807) is 0 Å². The zero-order chi connectivity index (χ0) is 13.1. The molecule has 3 nitrogen and oxygen atoms in total. The first-order valence-corrected chi connectivity index (χ1v) is 7.24. The Balaban J connectivity index is 1.87. The van der Waals surface area contributed by atoms with Crippen molar-refractivity contribution < 1.29 is 0 Å². The molecule has 1 aliphatic carbocycles. The quantitative estimate of drug-likeness (QED) is 0.631. The Hall–Kier alpha value is -1.77. The Morgan fingerprint density at radius 1 is 1.05 bits per heavy atom. The van der Waals surface area contributed by atoms with E-state index in [1.807, 2.05) is 18.3 Å². The fraction of sp³-hybridized carbons (Fsp3) is 0.438. The van der Waals surface area contributed by atoms with Gasteiger partial charge in [-0.05, 0) is 37.1 Å². The fourth-order valence-corrected chi connectivity index (χ4v) is 2.93. The number of nitrogens with zero attached hydrogens (tertiary/aromatic N) is 1. The Morgan fingerprint density at radius 3 is 2.63 bits per heavy atom. The fourth-order valence-electron chi connectivity index (χ4n) is 2.93. The van der Waals surface area contributed by atoms with Gasteiger partial charge in [0.15, 0.2) is 0 Å². The van der Waals surface area contributed by atoms with E-state index < -0.39 is 0 Å². The van der Waals surface area contributed by atoms with Crippen molar-refractivity contribution in [2.45, 2.75) is 44.6 Å². The molecule has 3 N–H and O–H groups in total. The minimum Gasteiger partial charge on any atom is -0.399 e. The molecule has 0 spiro atoms. The van der Waals surface area contributed by atoms with Crippen molar-refractivity contribution in [1.29, 1.82) is 0 Å². The van der Waals surface area contributed by atoms with Crippen molar-refractivity contribution in [3.63, 3.8) is 0 Å². The maximum atomic E-state index is 5.82. The summed E-state index contributed by atoms with van der Waals surface area (Å²) in [6.45, 7) is 0. The van der Waals surface area contributed by atoms with Gasteiger partial charge in [0.2, 0.25) is 0 Å². The molecule has 1 aromatic heterocycles. The summed E-state index contributed by atoms with van der Waals surface area (Å²) in [5, 5.41) is 4.87. The zero-order valence-corrected chi connectivity index (χ0v) is 11.2. The third kappa shape index (κ3) is 2.80. The van der Waals surface area contributed by atoms with Crippen LogP contribution in [0.3, 0.4) is 0 Å². The molecule has 0 saturated heterocycles. The highest BCUT2D eigenvalue weighted by molar-refractivity contribution is 5.92. The number of aromatic nitrogens is 1. The average Bonchev–Trinajstić information content (AvgIpc) is 2.67. The summed E-state index contributed by atoms with van der Waals surface area (Å²) in [6, 6.07) is 8.63. The predicted molar refractivity (Wildman–Crippen MR) is 81.3 cm³/mol. The summed E-state index contributed by atoms with van der Waals surface area (Å²) in [5.41, 5.74) is 8.75. The molecule has 2 aromatic rings. The first kappa shape index (κ1) is 12.3. The SMILES string of the molecule is Nc1ccc2c(NC3CCCCCC3)ccnc2c1. The monoisotopic (exact) mass is 255 g/mol. The first-order valence-electron chi connectivity index (χ1n) is 7.24. The van der Waals surface area contributed by atoms with E-state index in [1.165, 1.54) is 49.6 Å². The summed E-state index contributed by atoms with van der Waals surface area (Å²) in [5.74, 6) is 0. The smallest absolute Gasteiger partial charge is 0.0743 e. The number of benzene rings is 1. The van der Waals surface area contributed by atoms with E-state index in [0.717, 1.165) is 11.2 Å². The molecule has 0 unspecified atom stereocenters. The molecule has 0 amide bonds. The molecule has 1 aromatic carbocycles.